The SMILES string of the molecule is CC(C)Cc1c2c([c-]c3ccccc13)-c1nccc3cc([Si](C)(C)C)cc(c13)O2.CCC(CC)C(=O)/C=C(\O)C(CC)CC.[Ir]. The molecular weight excluding hydrogens is 751 g/mol. The molecule has 3 aromatic carbocycles. The summed E-state index contributed by atoms with van der Waals surface area (Å²) in [5.74, 6) is 2.97. The van der Waals surface area contributed by atoms with Gasteiger partial charge in [-0.2, -0.15) is 0 Å². The molecule has 1 aromatic heterocycles. The third kappa shape index (κ3) is 8.14. The minimum Gasteiger partial charge on any atom is -0.512 e. The van der Waals surface area contributed by atoms with Gasteiger partial charge in [0.2, 0.25) is 0 Å². The van der Waals surface area contributed by atoms with Gasteiger partial charge in [-0.1, -0.05) is 107 Å². The van der Waals surface area contributed by atoms with E-state index in [9.17, 15) is 9.90 Å². The van der Waals surface area contributed by atoms with E-state index in [2.05, 4.69) is 82.0 Å². The average molecular weight is 801 g/mol. The van der Waals surface area contributed by atoms with Gasteiger partial charge in [0, 0.05) is 55.3 Å². The molecule has 5 rings (SSSR count). The van der Waals surface area contributed by atoms with Crippen LogP contribution in [0.15, 0.2) is 60.5 Å². The van der Waals surface area contributed by atoms with Gasteiger partial charge >= 0.3 is 0 Å². The van der Waals surface area contributed by atoms with Crippen LogP contribution in [0, 0.1) is 23.8 Å². The second kappa shape index (κ2) is 15.7. The molecule has 6 heteroatoms. The monoisotopic (exact) mass is 801 g/mol. The fraction of sp³-hybridized carbons (Fsp3) is 0.436. The van der Waals surface area contributed by atoms with Gasteiger partial charge in [-0.3, -0.25) is 9.78 Å². The number of benzene rings is 3. The third-order valence-corrected chi connectivity index (χ3v) is 10.9. The molecule has 0 atom stereocenters. The van der Waals surface area contributed by atoms with Gasteiger partial charge in [0.15, 0.2) is 5.78 Å². The van der Waals surface area contributed by atoms with E-state index in [1.807, 2.05) is 33.9 Å². The van der Waals surface area contributed by atoms with Crippen molar-refractivity contribution >= 4 is 40.6 Å². The first-order valence-corrected chi connectivity index (χ1v) is 20.0. The summed E-state index contributed by atoms with van der Waals surface area (Å²) in [6.07, 6.45) is 7.80. The van der Waals surface area contributed by atoms with E-state index in [0.717, 1.165) is 65.6 Å². The maximum absolute atomic E-state index is 11.7. The van der Waals surface area contributed by atoms with Crippen molar-refractivity contribution in [3.8, 4) is 22.8 Å². The molecule has 45 heavy (non-hydrogen) atoms. The molecule has 0 unspecified atom stereocenters. The number of aliphatic hydroxyl groups is 1. The second-order valence-electron chi connectivity index (χ2n) is 13.5. The van der Waals surface area contributed by atoms with Crippen molar-refractivity contribution in [3.63, 3.8) is 0 Å². The van der Waals surface area contributed by atoms with Crippen LogP contribution in [0.4, 0.5) is 0 Å². The van der Waals surface area contributed by atoms with E-state index in [-0.39, 0.29) is 43.5 Å². The van der Waals surface area contributed by atoms with Crippen LogP contribution in [0.3, 0.4) is 0 Å². The maximum Gasteiger partial charge on any atom is 0.162 e. The Bertz CT molecular complexity index is 1660. The minimum absolute atomic E-state index is 0. The number of nitrogens with zero attached hydrogens (tertiary/aromatic N) is 1. The van der Waals surface area contributed by atoms with Gasteiger partial charge in [-0.15, -0.1) is 17.5 Å². The Hall–Kier alpha value is -2.79. The average Bonchev–Trinajstić information content (AvgIpc) is 2.98. The Morgan fingerprint density at radius 2 is 1.62 bits per heavy atom. The Labute approximate surface area is 285 Å². The van der Waals surface area contributed by atoms with E-state index in [0.29, 0.717) is 5.92 Å². The van der Waals surface area contributed by atoms with Crippen LogP contribution in [-0.2, 0) is 31.3 Å². The van der Waals surface area contributed by atoms with Gasteiger partial charge in [-0.05, 0) is 55.5 Å². The second-order valence-corrected chi connectivity index (χ2v) is 18.6. The molecule has 4 nitrogen and oxygen atoms in total. The summed E-state index contributed by atoms with van der Waals surface area (Å²) >= 11 is 0. The van der Waals surface area contributed by atoms with Crippen LogP contribution in [0.1, 0.15) is 72.8 Å². The van der Waals surface area contributed by atoms with Gasteiger partial charge in [0.1, 0.15) is 5.75 Å². The molecule has 0 spiro atoms. The molecule has 1 radical (unpaired) electrons. The number of fused-ring (bicyclic) bond motifs is 3. The Kier molecular flexibility index (Phi) is 12.8. The van der Waals surface area contributed by atoms with Crippen molar-refractivity contribution in [1.82, 2.24) is 4.98 Å². The number of rotatable bonds is 10. The fourth-order valence-corrected chi connectivity index (χ4v) is 7.23. The molecule has 0 bridgehead atoms. The number of hydrogen-bond donors (Lipinski definition) is 1. The zero-order valence-electron chi connectivity index (χ0n) is 28.5. The molecule has 0 aliphatic carbocycles. The molecule has 0 saturated carbocycles. The molecule has 243 valence electrons. The zero-order chi connectivity index (χ0) is 32.2. The molecule has 4 aromatic rings. The molecule has 1 aliphatic rings. The standard InChI is InChI=1S/C26H26NOSi.C13H24O2.Ir/c1-16(2)12-21-20-9-7-6-8-17(20)14-22-25-24-18(10-11-27-25)13-19(29(3,4)5)15-23(24)28-26(21)22;1-5-10(6-2)12(14)9-13(15)11(7-3)8-4;/h6-11,13,15-16H,12H2,1-5H3;9-11,14H,5-8H2,1-4H3;/q-1;;/b;12-9-;. The number of carbonyl (C=O) groups excluding carboxylic acids is 1. The normalized spacial score (nSPS) is 12.6. The van der Waals surface area contributed by atoms with Crippen molar-refractivity contribution in [2.45, 2.75) is 93.3 Å². The molecule has 1 aliphatic heterocycles. The topological polar surface area (TPSA) is 59.4 Å². The van der Waals surface area contributed by atoms with E-state index < -0.39 is 8.07 Å². The number of carbonyl (C=O) groups is 1. The summed E-state index contributed by atoms with van der Waals surface area (Å²) in [5.41, 5.74) is 3.27. The third-order valence-electron chi connectivity index (χ3n) is 8.85. The van der Waals surface area contributed by atoms with E-state index >= 15 is 0 Å². The van der Waals surface area contributed by atoms with Crippen LogP contribution >= 0.6 is 0 Å². The Morgan fingerprint density at radius 1 is 0.978 bits per heavy atom. The Morgan fingerprint density at radius 3 is 2.22 bits per heavy atom. The largest absolute Gasteiger partial charge is 0.512 e. The Balaban J connectivity index is 0.000000297. The van der Waals surface area contributed by atoms with Gasteiger partial charge < -0.3 is 9.84 Å². The van der Waals surface area contributed by atoms with Crippen LogP contribution in [0.5, 0.6) is 11.5 Å². The van der Waals surface area contributed by atoms with Gasteiger partial charge in [0.25, 0.3) is 0 Å². The first-order chi connectivity index (χ1) is 20.9. The van der Waals surface area contributed by atoms with Crippen LogP contribution in [0.2, 0.25) is 19.6 Å². The van der Waals surface area contributed by atoms with Crippen molar-refractivity contribution < 1.29 is 34.7 Å². The van der Waals surface area contributed by atoms with E-state index in [4.69, 9.17) is 9.72 Å². The summed E-state index contributed by atoms with van der Waals surface area (Å²) in [5, 5.41) is 15.9. The maximum atomic E-state index is 11.7. The van der Waals surface area contributed by atoms with E-state index in [1.165, 1.54) is 27.6 Å². The van der Waals surface area contributed by atoms with Crippen LogP contribution in [0.25, 0.3) is 32.8 Å². The summed E-state index contributed by atoms with van der Waals surface area (Å²) in [6, 6.07) is 18.8. The summed E-state index contributed by atoms with van der Waals surface area (Å²) in [6.45, 7) is 19.7. The molecule has 2 heterocycles. The molecule has 0 saturated heterocycles. The summed E-state index contributed by atoms with van der Waals surface area (Å²) in [7, 11) is -1.47. The predicted molar refractivity (Wildman–Crippen MR) is 189 cm³/mol. The minimum atomic E-state index is -1.47. The number of pyridine rings is 1. The van der Waals surface area contributed by atoms with Crippen molar-refractivity contribution in [1.29, 1.82) is 0 Å². The number of ketones is 1. The summed E-state index contributed by atoms with van der Waals surface area (Å²) < 4.78 is 6.68. The number of aromatic nitrogens is 1. The number of ether oxygens (including phenoxy) is 1. The van der Waals surface area contributed by atoms with Crippen molar-refractivity contribution in [3.05, 3.63) is 72.1 Å². The first kappa shape index (κ1) is 36.7. The number of hydrogen-bond acceptors (Lipinski definition) is 4. The van der Waals surface area contributed by atoms with Crippen LogP contribution in [-0.4, -0.2) is 23.9 Å². The molecule has 0 amide bonds. The first-order valence-electron chi connectivity index (χ1n) is 16.5. The van der Waals surface area contributed by atoms with Gasteiger partial charge in [0.05, 0.1) is 19.6 Å². The fourth-order valence-electron chi connectivity index (χ4n) is 6.08. The van der Waals surface area contributed by atoms with Crippen molar-refractivity contribution in [2.24, 2.45) is 17.8 Å². The molecular formula is C39H50IrNO3Si-. The smallest absolute Gasteiger partial charge is 0.162 e. The van der Waals surface area contributed by atoms with Crippen molar-refractivity contribution in [2.75, 3.05) is 0 Å². The quantitative estimate of drug-likeness (QED) is 0.0662. The van der Waals surface area contributed by atoms with Gasteiger partial charge in [-0.25, -0.2) is 0 Å². The van der Waals surface area contributed by atoms with E-state index in [1.54, 1.807) is 0 Å². The number of aliphatic hydroxyl groups excluding tert-OH is 1. The predicted octanol–water partition coefficient (Wildman–Crippen LogP) is 10.6. The number of allylic oxidation sites excluding steroid dienone is 2. The molecule has 0 fully saturated rings. The molecule has 1 N–H and O–H groups in total. The van der Waals surface area contributed by atoms with Crippen LogP contribution < -0.4 is 9.92 Å². The zero-order valence-corrected chi connectivity index (χ0v) is 31.9. The summed E-state index contributed by atoms with van der Waals surface area (Å²) in [4.78, 5) is 16.5.